The molecule has 0 saturated heterocycles. The lowest BCUT2D eigenvalue weighted by atomic mass is 10.1. The average molecular weight is 292 g/mol. The van der Waals surface area contributed by atoms with E-state index in [1.807, 2.05) is 6.07 Å². The normalized spacial score (nSPS) is 12.2. The number of hydrogen-bond acceptors (Lipinski definition) is 3. The van der Waals surface area contributed by atoms with Crippen molar-refractivity contribution >= 4 is 0 Å². The number of rotatable bonds is 6. The maximum Gasteiger partial charge on any atom is 0.219 e. The maximum absolute atomic E-state index is 13.1. The standard InChI is InChI=1S/C16H18F2N2O/c1-3-6-19-11(2)12-4-5-16(20-10-12)21-15-8-13(17)7-14(18)9-15/h4-5,7-11,19H,3,6H2,1-2H3. The largest absolute Gasteiger partial charge is 0.439 e. The van der Waals surface area contributed by atoms with Gasteiger partial charge in [-0.25, -0.2) is 13.8 Å². The van der Waals surface area contributed by atoms with Crippen LogP contribution in [0.4, 0.5) is 8.78 Å². The summed E-state index contributed by atoms with van der Waals surface area (Å²) < 4.78 is 31.5. The number of nitrogens with one attached hydrogen (secondary N) is 1. The third kappa shape index (κ3) is 4.49. The van der Waals surface area contributed by atoms with E-state index in [0.29, 0.717) is 5.88 Å². The van der Waals surface area contributed by atoms with Crippen LogP contribution >= 0.6 is 0 Å². The van der Waals surface area contributed by atoms with E-state index in [1.54, 1.807) is 12.3 Å². The summed E-state index contributed by atoms with van der Waals surface area (Å²) in [5, 5.41) is 3.35. The van der Waals surface area contributed by atoms with Crippen molar-refractivity contribution in [2.24, 2.45) is 0 Å². The van der Waals surface area contributed by atoms with Crippen molar-refractivity contribution in [3.63, 3.8) is 0 Å². The predicted octanol–water partition coefficient (Wildman–Crippen LogP) is 4.21. The number of aromatic nitrogens is 1. The molecule has 0 aliphatic carbocycles. The molecule has 0 saturated carbocycles. The van der Waals surface area contributed by atoms with Gasteiger partial charge in [-0.2, -0.15) is 0 Å². The fraction of sp³-hybridized carbons (Fsp3) is 0.312. The Balaban J connectivity index is 2.05. The molecule has 1 aromatic heterocycles. The van der Waals surface area contributed by atoms with Crippen LogP contribution in [0.1, 0.15) is 31.9 Å². The molecule has 1 heterocycles. The first-order valence-corrected chi connectivity index (χ1v) is 6.91. The first-order valence-electron chi connectivity index (χ1n) is 6.91. The highest BCUT2D eigenvalue weighted by Crippen LogP contribution is 2.22. The quantitative estimate of drug-likeness (QED) is 0.866. The lowest BCUT2D eigenvalue weighted by Crippen LogP contribution is -2.19. The molecule has 1 atom stereocenters. The van der Waals surface area contributed by atoms with Gasteiger partial charge in [0.2, 0.25) is 5.88 Å². The molecule has 1 aromatic carbocycles. The molecule has 5 heteroatoms. The topological polar surface area (TPSA) is 34.1 Å². The Morgan fingerprint density at radius 2 is 1.90 bits per heavy atom. The summed E-state index contributed by atoms with van der Waals surface area (Å²) in [6.45, 7) is 5.09. The number of hydrogen-bond donors (Lipinski definition) is 1. The Bertz CT molecular complexity index is 567. The first kappa shape index (κ1) is 15.4. The van der Waals surface area contributed by atoms with Gasteiger partial charge < -0.3 is 10.1 Å². The first-order chi connectivity index (χ1) is 10.1. The van der Waals surface area contributed by atoms with E-state index >= 15 is 0 Å². The van der Waals surface area contributed by atoms with Gasteiger partial charge in [-0.3, -0.25) is 0 Å². The lowest BCUT2D eigenvalue weighted by Gasteiger charge is -2.13. The van der Waals surface area contributed by atoms with E-state index in [-0.39, 0.29) is 11.8 Å². The smallest absolute Gasteiger partial charge is 0.219 e. The molecule has 112 valence electrons. The van der Waals surface area contributed by atoms with Crippen LogP contribution in [0.2, 0.25) is 0 Å². The summed E-state index contributed by atoms with van der Waals surface area (Å²) in [6, 6.07) is 6.78. The molecule has 0 aliphatic heterocycles. The molecule has 0 spiro atoms. The molecule has 1 N–H and O–H groups in total. The lowest BCUT2D eigenvalue weighted by molar-refractivity contribution is 0.450. The van der Waals surface area contributed by atoms with Crippen LogP contribution in [0.25, 0.3) is 0 Å². The van der Waals surface area contributed by atoms with E-state index in [4.69, 9.17) is 4.74 Å². The van der Waals surface area contributed by atoms with Crippen molar-refractivity contribution in [3.05, 3.63) is 53.7 Å². The van der Waals surface area contributed by atoms with Gasteiger partial charge in [0.1, 0.15) is 17.4 Å². The number of halogens is 2. The predicted molar refractivity (Wildman–Crippen MR) is 77.4 cm³/mol. The number of pyridine rings is 1. The SMILES string of the molecule is CCCNC(C)c1ccc(Oc2cc(F)cc(F)c2)nc1. The average Bonchev–Trinajstić information content (AvgIpc) is 2.44. The minimum Gasteiger partial charge on any atom is -0.439 e. The number of benzene rings is 1. The molecule has 1 unspecified atom stereocenters. The molecule has 0 radical (unpaired) electrons. The minimum atomic E-state index is -0.681. The zero-order valence-corrected chi connectivity index (χ0v) is 12.1. The van der Waals surface area contributed by atoms with Gasteiger partial charge in [0.25, 0.3) is 0 Å². The third-order valence-corrected chi connectivity index (χ3v) is 3.02. The summed E-state index contributed by atoms with van der Waals surface area (Å²) in [5.41, 5.74) is 1.03. The van der Waals surface area contributed by atoms with Crippen LogP contribution in [-0.2, 0) is 0 Å². The molecule has 3 nitrogen and oxygen atoms in total. The van der Waals surface area contributed by atoms with E-state index in [0.717, 1.165) is 36.7 Å². The van der Waals surface area contributed by atoms with Crippen molar-refractivity contribution in [1.29, 1.82) is 0 Å². The van der Waals surface area contributed by atoms with Gasteiger partial charge in [-0.05, 0) is 25.5 Å². The summed E-state index contributed by atoms with van der Waals surface area (Å²) in [4.78, 5) is 4.16. The molecule has 0 amide bonds. The molecule has 0 fully saturated rings. The maximum atomic E-state index is 13.1. The monoisotopic (exact) mass is 292 g/mol. The molecular formula is C16H18F2N2O. The highest BCUT2D eigenvalue weighted by atomic mass is 19.1. The fourth-order valence-corrected chi connectivity index (χ4v) is 1.90. The summed E-state index contributed by atoms with van der Waals surface area (Å²) in [6.07, 6.45) is 2.75. The third-order valence-electron chi connectivity index (χ3n) is 3.02. The highest BCUT2D eigenvalue weighted by Gasteiger charge is 2.07. The molecule has 21 heavy (non-hydrogen) atoms. The molecule has 0 aliphatic rings. The van der Waals surface area contributed by atoms with Crippen LogP contribution in [0, 0.1) is 11.6 Å². The molecular weight excluding hydrogens is 274 g/mol. The van der Waals surface area contributed by atoms with Crippen LogP contribution in [-0.4, -0.2) is 11.5 Å². The Morgan fingerprint density at radius 1 is 1.19 bits per heavy atom. The second kappa shape index (κ2) is 7.13. The van der Waals surface area contributed by atoms with Gasteiger partial charge in [-0.15, -0.1) is 0 Å². The molecule has 2 aromatic rings. The van der Waals surface area contributed by atoms with E-state index in [9.17, 15) is 8.78 Å². The van der Waals surface area contributed by atoms with Gasteiger partial charge in [-0.1, -0.05) is 13.0 Å². The van der Waals surface area contributed by atoms with Crippen molar-refractivity contribution in [2.75, 3.05) is 6.54 Å². The molecule has 2 rings (SSSR count). The molecule has 0 bridgehead atoms. The Labute approximate surface area is 123 Å². The summed E-state index contributed by atoms with van der Waals surface area (Å²) in [5.74, 6) is -0.977. The zero-order valence-electron chi connectivity index (χ0n) is 12.1. The Kier molecular flexibility index (Phi) is 5.22. The van der Waals surface area contributed by atoms with Crippen LogP contribution < -0.4 is 10.1 Å². The summed E-state index contributed by atoms with van der Waals surface area (Å²) in [7, 11) is 0. The van der Waals surface area contributed by atoms with Crippen molar-refractivity contribution in [1.82, 2.24) is 10.3 Å². The highest BCUT2D eigenvalue weighted by molar-refractivity contribution is 5.29. The minimum absolute atomic E-state index is 0.0879. The van der Waals surface area contributed by atoms with E-state index in [2.05, 4.69) is 24.1 Å². The van der Waals surface area contributed by atoms with Gasteiger partial charge in [0, 0.05) is 36.5 Å². The summed E-state index contributed by atoms with van der Waals surface area (Å²) >= 11 is 0. The second-order valence-corrected chi connectivity index (χ2v) is 4.81. The van der Waals surface area contributed by atoms with Gasteiger partial charge >= 0.3 is 0 Å². The van der Waals surface area contributed by atoms with Crippen molar-refractivity contribution in [2.45, 2.75) is 26.3 Å². The van der Waals surface area contributed by atoms with Crippen molar-refractivity contribution < 1.29 is 13.5 Å². The number of nitrogens with zero attached hydrogens (tertiary/aromatic N) is 1. The van der Waals surface area contributed by atoms with Crippen LogP contribution in [0.15, 0.2) is 36.5 Å². The van der Waals surface area contributed by atoms with Crippen molar-refractivity contribution in [3.8, 4) is 11.6 Å². The second-order valence-electron chi connectivity index (χ2n) is 4.81. The van der Waals surface area contributed by atoms with E-state index < -0.39 is 11.6 Å². The Morgan fingerprint density at radius 3 is 2.48 bits per heavy atom. The van der Waals surface area contributed by atoms with Gasteiger partial charge in [0.05, 0.1) is 0 Å². The van der Waals surface area contributed by atoms with Crippen LogP contribution in [0.5, 0.6) is 11.6 Å². The Hall–Kier alpha value is -2.01. The number of ether oxygens (including phenoxy) is 1. The zero-order chi connectivity index (χ0) is 15.2. The van der Waals surface area contributed by atoms with Gasteiger partial charge in [0.15, 0.2) is 0 Å². The fourth-order valence-electron chi connectivity index (χ4n) is 1.90. The van der Waals surface area contributed by atoms with Crippen LogP contribution in [0.3, 0.4) is 0 Å². The van der Waals surface area contributed by atoms with E-state index in [1.165, 1.54) is 0 Å².